The van der Waals surface area contributed by atoms with Crippen molar-refractivity contribution < 1.29 is 5.11 Å². The molecule has 82 valence electrons. The summed E-state index contributed by atoms with van der Waals surface area (Å²) < 4.78 is 0. The van der Waals surface area contributed by atoms with E-state index in [0.717, 1.165) is 37.2 Å². The van der Waals surface area contributed by atoms with E-state index in [4.69, 9.17) is 10.4 Å². The van der Waals surface area contributed by atoms with E-state index < -0.39 is 0 Å². The number of aliphatic hydroxyl groups excluding tert-OH is 1. The lowest BCUT2D eigenvalue weighted by Gasteiger charge is -2.01. The minimum Gasteiger partial charge on any atom is -0.396 e. The molecule has 4 heteroatoms. The van der Waals surface area contributed by atoms with Gasteiger partial charge in [0.2, 0.25) is 0 Å². The molecule has 1 rings (SSSR count). The van der Waals surface area contributed by atoms with Crippen LogP contribution in [0.1, 0.15) is 29.0 Å². The highest BCUT2D eigenvalue weighted by molar-refractivity contribution is 7.12. The minimum absolute atomic E-state index is 0.288. The van der Waals surface area contributed by atoms with E-state index in [1.165, 1.54) is 16.2 Å². The first kappa shape index (κ1) is 12.2. The molecule has 0 amide bonds. The molecule has 0 aliphatic heterocycles. The molecule has 0 aromatic carbocycles. The number of nitrogens with one attached hydrogen (secondary N) is 1. The highest BCUT2D eigenvalue weighted by Gasteiger charge is 1.97. The number of unbranched alkanes of at least 4 members (excludes halogenated alkanes) is 2. The maximum Gasteiger partial charge on any atom is 0.110 e. The average Bonchev–Trinajstić information content (AvgIpc) is 2.71. The molecule has 0 unspecified atom stereocenters. The van der Waals surface area contributed by atoms with Crippen molar-refractivity contribution in [2.45, 2.75) is 25.8 Å². The molecule has 0 bridgehead atoms. The number of nitrogens with zero attached hydrogens (tertiary/aromatic N) is 1. The Balaban J connectivity index is 2.07. The molecule has 2 N–H and O–H groups in total. The van der Waals surface area contributed by atoms with Gasteiger partial charge in [0.05, 0.1) is 0 Å². The topological polar surface area (TPSA) is 56.0 Å². The Morgan fingerprint density at radius 2 is 2.20 bits per heavy atom. The second-order valence-corrected chi connectivity index (χ2v) is 4.51. The highest BCUT2D eigenvalue weighted by Crippen LogP contribution is 2.14. The lowest BCUT2D eigenvalue weighted by molar-refractivity contribution is 0.283. The summed E-state index contributed by atoms with van der Waals surface area (Å²) in [6.07, 6.45) is 3.05. The Labute approximate surface area is 94.4 Å². The van der Waals surface area contributed by atoms with E-state index in [9.17, 15) is 0 Å². The van der Waals surface area contributed by atoms with Gasteiger partial charge < -0.3 is 10.4 Å². The van der Waals surface area contributed by atoms with E-state index in [2.05, 4.69) is 11.4 Å². The van der Waals surface area contributed by atoms with Gasteiger partial charge in [0.25, 0.3) is 0 Å². The number of rotatable bonds is 7. The molecule has 0 spiro atoms. The summed E-state index contributed by atoms with van der Waals surface area (Å²) in [5.74, 6) is 0. The monoisotopic (exact) mass is 224 g/mol. The molecule has 0 atom stereocenters. The third-order valence-corrected chi connectivity index (χ3v) is 3.07. The van der Waals surface area contributed by atoms with Gasteiger partial charge in [0.1, 0.15) is 10.9 Å². The van der Waals surface area contributed by atoms with Crippen molar-refractivity contribution in [3.63, 3.8) is 0 Å². The molecule has 1 aromatic heterocycles. The minimum atomic E-state index is 0.288. The van der Waals surface area contributed by atoms with Crippen LogP contribution in [0.5, 0.6) is 0 Å². The summed E-state index contributed by atoms with van der Waals surface area (Å²) in [7, 11) is 0. The van der Waals surface area contributed by atoms with Crippen LogP contribution in [-0.2, 0) is 6.54 Å². The van der Waals surface area contributed by atoms with Gasteiger partial charge in [0.15, 0.2) is 0 Å². The lowest BCUT2D eigenvalue weighted by Crippen LogP contribution is -2.13. The van der Waals surface area contributed by atoms with Crippen LogP contribution >= 0.6 is 11.3 Å². The van der Waals surface area contributed by atoms with Gasteiger partial charge in [-0.05, 0) is 37.9 Å². The standard InChI is InChI=1S/C11H16N2OS/c12-8-10-4-5-11(15-10)9-13-6-2-1-3-7-14/h4-5,13-14H,1-3,6-7,9H2. The van der Waals surface area contributed by atoms with E-state index in [0.29, 0.717) is 0 Å². The van der Waals surface area contributed by atoms with Crippen LogP contribution in [0.3, 0.4) is 0 Å². The summed E-state index contributed by atoms with van der Waals surface area (Å²) >= 11 is 1.54. The molecule has 1 aromatic rings. The molecule has 1 heterocycles. The van der Waals surface area contributed by atoms with Gasteiger partial charge in [-0.1, -0.05) is 0 Å². The average molecular weight is 224 g/mol. The third-order valence-electron chi connectivity index (χ3n) is 2.08. The molecule has 15 heavy (non-hydrogen) atoms. The zero-order valence-corrected chi connectivity index (χ0v) is 9.52. The zero-order valence-electron chi connectivity index (χ0n) is 8.70. The Morgan fingerprint density at radius 3 is 2.87 bits per heavy atom. The number of aliphatic hydroxyl groups is 1. The van der Waals surface area contributed by atoms with Crippen molar-refractivity contribution in [1.82, 2.24) is 5.32 Å². The predicted octanol–water partition coefficient (Wildman–Crippen LogP) is 1.87. The van der Waals surface area contributed by atoms with Gasteiger partial charge in [-0.15, -0.1) is 11.3 Å². The first-order chi connectivity index (χ1) is 7.36. The number of hydrogen-bond acceptors (Lipinski definition) is 4. The largest absolute Gasteiger partial charge is 0.396 e. The van der Waals surface area contributed by atoms with Crippen LogP contribution in [0, 0.1) is 11.3 Å². The van der Waals surface area contributed by atoms with Crippen LogP contribution < -0.4 is 5.32 Å². The molecule has 0 saturated heterocycles. The lowest BCUT2D eigenvalue weighted by atomic mass is 10.2. The van der Waals surface area contributed by atoms with Crippen molar-refractivity contribution >= 4 is 11.3 Å². The summed E-state index contributed by atoms with van der Waals surface area (Å²) in [6.45, 7) is 2.10. The van der Waals surface area contributed by atoms with Gasteiger partial charge in [-0.3, -0.25) is 0 Å². The summed E-state index contributed by atoms with van der Waals surface area (Å²) in [5.41, 5.74) is 0. The van der Waals surface area contributed by atoms with Gasteiger partial charge in [0, 0.05) is 18.0 Å². The zero-order chi connectivity index (χ0) is 10.9. The second kappa shape index (κ2) is 7.41. The molecule has 0 saturated carbocycles. The molecule has 0 aliphatic carbocycles. The summed E-state index contributed by atoms with van der Waals surface area (Å²) in [6, 6.07) is 5.97. The first-order valence-corrected chi connectivity index (χ1v) is 5.99. The molecule has 3 nitrogen and oxygen atoms in total. The Morgan fingerprint density at radius 1 is 1.33 bits per heavy atom. The number of thiophene rings is 1. The fraction of sp³-hybridized carbons (Fsp3) is 0.545. The van der Waals surface area contributed by atoms with Crippen molar-refractivity contribution in [3.05, 3.63) is 21.9 Å². The van der Waals surface area contributed by atoms with E-state index in [1.807, 2.05) is 12.1 Å². The van der Waals surface area contributed by atoms with Crippen molar-refractivity contribution in [2.24, 2.45) is 0 Å². The molecule has 0 fully saturated rings. The van der Waals surface area contributed by atoms with Gasteiger partial charge >= 0.3 is 0 Å². The van der Waals surface area contributed by atoms with Crippen molar-refractivity contribution in [2.75, 3.05) is 13.2 Å². The Bertz CT molecular complexity index is 317. The van der Waals surface area contributed by atoms with Crippen LogP contribution in [0.2, 0.25) is 0 Å². The summed E-state index contributed by atoms with van der Waals surface area (Å²) in [5, 5.41) is 20.5. The van der Waals surface area contributed by atoms with Crippen LogP contribution in [0.25, 0.3) is 0 Å². The molecule has 0 radical (unpaired) electrons. The predicted molar refractivity (Wildman–Crippen MR) is 61.7 cm³/mol. The van der Waals surface area contributed by atoms with E-state index in [1.54, 1.807) is 0 Å². The van der Waals surface area contributed by atoms with Gasteiger partial charge in [-0.25, -0.2) is 0 Å². The molecule has 0 aliphatic rings. The number of nitriles is 1. The molecular formula is C11H16N2OS. The normalized spacial score (nSPS) is 10.1. The second-order valence-electron chi connectivity index (χ2n) is 3.34. The smallest absolute Gasteiger partial charge is 0.110 e. The fourth-order valence-corrected chi connectivity index (χ4v) is 2.06. The van der Waals surface area contributed by atoms with Crippen molar-refractivity contribution in [1.29, 1.82) is 5.26 Å². The van der Waals surface area contributed by atoms with Crippen LogP contribution in [0.4, 0.5) is 0 Å². The highest BCUT2D eigenvalue weighted by atomic mass is 32.1. The maximum absolute atomic E-state index is 8.64. The molecular weight excluding hydrogens is 208 g/mol. The van der Waals surface area contributed by atoms with Crippen LogP contribution in [0.15, 0.2) is 12.1 Å². The van der Waals surface area contributed by atoms with E-state index >= 15 is 0 Å². The first-order valence-electron chi connectivity index (χ1n) is 5.17. The van der Waals surface area contributed by atoms with Crippen molar-refractivity contribution in [3.8, 4) is 6.07 Å². The quantitative estimate of drug-likeness (QED) is 0.695. The Hall–Kier alpha value is -0.890. The summed E-state index contributed by atoms with van der Waals surface area (Å²) in [4.78, 5) is 1.97. The number of hydrogen-bond donors (Lipinski definition) is 2. The Kier molecular flexibility index (Phi) is 6.02. The van der Waals surface area contributed by atoms with Crippen LogP contribution in [-0.4, -0.2) is 18.3 Å². The van der Waals surface area contributed by atoms with E-state index in [-0.39, 0.29) is 6.61 Å². The third kappa shape index (κ3) is 4.93. The van der Waals surface area contributed by atoms with Gasteiger partial charge in [-0.2, -0.15) is 5.26 Å². The fourth-order valence-electron chi connectivity index (χ4n) is 1.28. The maximum atomic E-state index is 8.64. The SMILES string of the molecule is N#Cc1ccc(CNCCCCCO)s1.